The molecular weight excluding hydrogens is 360 g/mol. The van der Waals surface area contributed by atoms with Crippen molar-refractivity contribution in [2.24, 2.45) is 11.3 Å². The molecule has 0 saturated carbocycles. The molecule has 1 aromatic carbocycles. The second kappa shape index (κ2) is 6.66. The van der Waals surface area contributed by atoms with Gasteiger partial charge in [0.25, 0.3) is 0 Å². The van der Waals surface area contributed by atoms with E-state index in [9.17, 15) is 0 Å². The van der Waals surface area contributed by atoms with E-state index in [1.165, 1.54) is 12.1 Å². The number of ether oxygens (including phenoxy) is 1. The summed E-state index contributed by atoms with van der Waals surface area (Å²) in [5, 5.41) is 8.47. The number of hydrogen-bond donors (Lipinski definition) is 2. The third-order valence-corrected chi connectivity index (χ3v) is 7.35. The number of anilines is 1. The summed E-state index contributed by atoms with van der Waals surface area (Å²) in [5.41, 5.74) is 5.01. The second-order valence-corrected chi connectivity index (χ2v) is 9.08. The van der Waals surface area contributed by atoms with Crippen molar-refractivity contribution in [2.45, 2.75) is 25.4 Å². The van der Waals surface area contributed by atoms with Crippen LogP contribution in [0.4, 0.5) is 5.69 Å². The van der Waals surface area contributed by atoms with Gasteiger partial charge in [0.2, 0.25) is 0 Å². The van der Waals surface area contributed by atoms with Gasteiger partial charge in [0.15, 0.2) is 0 Å². The van der Waals surface area contributed by atoms with Crippen LogP contribution in [0.3, 0.4) is 0 Å². The summed E-state index contributed by atoms with van der Waals surface area (Å²) in [6.45, 7) is 7.33. The van der Waals surface area contributed by atoms with Crippen LogP contribution in [-0.4, -0.2) is 54.8 Å². The topological polar surface area (TPSA) is 49.4 Å². The van der Waals surface area contributed by atoms with Crippen molar-refractivity contribution < 1.29 is 4.74 Å². The van der Waals surface area contributed by atoms with Gasteiger partial charge in [-0.3, -0.25) is 9.88 Å². The molecule has 2 N–H and O–H groups in total. The highest BCUT2D eigenvalue weighted by atomic mass is 16.5. The Bertz CT molecular complexity index is 1010. The Balaban J connectivity index is 1.38. The number of fused-ring (bicyclic) bond motifs is 4. The fourth-order valence-electron chi connectivity index (χ4n) is 6.03. The molecule has 2 aromatic rings. The first-order valence-electron chi connectivity index (χ1n) is 10.8. The van der Waals surface area contributed by atoms with E-state index < -0.39 is 0 Å². The standard InChI is InChI=1S/C24H28N4O/c1-24-15-25-7-6-22(24)28-8-9-29-14-17-11-18(12-20(24)23(17)28)27-19-10-16-4-2-3-5-21(16)26-13-19/h2-5,10-13,17,22-23,25,27H,6-9,14-15H2,1H3/t17?,22-,23?,24?/m0/s1. The highest BCUT2D eigenvalue weighted by Gasteiger charge is 2.56. The molecule has 3 fully saturated rings. The first-order chi connectivity index (χ1) is 14.2. The Morgan fingerprint density at radius 1 is 1.31 bits per heavy atom. The number of aromatic nitrogens is 1. The van der Waals surface area contributed by atoms with Crippen LogP contribution in [0.1, 0.15) is 13.3 Å². The van der Waals surface area contributed by atoms with Crippen LogP contribution in [0.5, 0.6) is 0 Å². The van der Waals surface area contributed by atoms with Crippen molar-refractivity contribution in [3.05, 3.63) is 60.0 Å². The van der Waals surface area contributed by atoms with Crippen LogP contribution in [0.15, 0.2) is 60.0 Å². The van der Waals surface area contributed by atoms with Crippen LogP contribution >= 0.6 is 0 Å². The molecule has 0 radical (unpaired) electrons. The lowest BCUT2D eigenvalue weighted by molar-refractivity contribution is 0.0978. The molecule has 0 bridgehead atoms. The van der Waals surface area contributed by atoms with Crippen molar-refractivity contribution in [3.8, 4) is 0 Å². The quantitative estimate of drug-likeness (QED) is 0.828. The van der Waals surface area contributed by atoms with Crippen LogP contribution in [0.25, 0.3) is 10.9 Å². The zero-order chi connectivity index (χ0) is 19.4. The van der Waals surface area contributed by atoms with Gasteiger partial charge in [0.1, 0.15) is 0 Å². The SMILES string of the molecule is CC12CNCC[C@@H]1N1CCOCC3C=C(Nc4cnc5ccccc5c4)C=C2C31. The lowest BCUT2D eigenvalue weighted by Crippen LogP contribution is -2.51. The number of piperidine rings is 1. The molecule has 0 amide bonds. The third-order valence-electron chi connectivity index (χ3n) is 7.35. The third kappa shape index (κ3) is 2.75. The molecular formula is C24H28N4O. The molecule has 4 heterocycles. The molecule has 4 atom stereocenters. The molecule has 150 valence electrons. The van der Waals surface area contributed by atoms with Gasteiger partial charge in [0, 0.05) is 47.6 Å². The highest BCUT2D eigenvalue weighted by Crippen LogP contribution is 2.52. The van der Waals surface area contributed by atoms with E-state index in [0.29, 0.717) is 18.0 Å². The number of rotatable bonds is 2. The van der Waals surface area contributed by atoms with E-state index >= 15 is 0 Å². The predicted octanol–water partition coefficient (Wildman–Crippen LogP) is 3.17. The molecule has 1 aromatic heterocycles. The van der Waals surface area contributed by atoms with E-state index in [4.69, 9.17) is 4.74 Å². The number of allylic oxidation sites excluding steroid dienone is 1. The van der Waals surface area contributed by atoms with E-state index in [1.54, 1.807) is 5.57 Å². The molecule has 3 unspecified atom stereocenters. The normalized spacial score (nSPS) is 34.0. The van der Waals surface area contributed by atoms with Gasteiger partial charge in [-0.1, -0.05) is 31.2 Å². The van der Waals surface area contributed by atoms with Crippen molar-refractivity contribution in [1.29, 1.82) is 0 Å². The fraction of sp³-hybridized carbons (Fsp3) is 0.458. The molecule has 5 nitrogen and oxygen atoms in total. The Hall–Kier alpha value is -2.21. The summed E-state index contributed by atoms with van der Waals surface area (Å²) in [6.07, 6.45) is 7.96. The molecule has 1 aliphatic carbocycles. The molecule has 6 rings (SSSR count). The second-order valence-electron chi connectivity index (χ2n) is 9.08. The van der Waals surface area contributed by atoms with Crippen molar-refractivity contribution in [2.75, 3.05) is 38.2 Å². The van der Waals surface area contributed by atoms with Gasteiger partial charge in [0.05, 0.1) is 30.6 Å². The maximum absolute atomic E-state index is 6.02. The lowest BCUT2D eigenvalue weighted by atomic mass is 9.71. The molecule has 3 aliphatic heterocycles. The summed E-state index contributed by atoms with van der Waals surface area (Å²) in [6, 6.07) is 11.5. The summed E-state index contributed by atoms with van der Waals surface area (Å²) in [4.78, 5) is 7.36. The zero-order valence-corrected chi connectivity index (χ0v) is 16.9. The molecule has 4 aliphatic rings. The van der Waals surface area contributed by atoms with Crippen LogP contribution < -0.4 is 10.6 Å². The van der Waals surface area contributed by atoms with Gasteiger partial charge in [-0.25, -0.2) is 0 Å². The molecule has 3 saturated heterocycles. The van der Waals surface area contributed by atoms with Gasteiger partial charge in [-0.05, 0) is 36.7 Å². The maximum atomic E-state index is 6.02. The number of hydrogen-bond acceptors (Lipinski definition) is 5. The summed E-state index contributed by atoms with van der Waals surface area (Å²) in [7, 11) is 0. The lowest BCUT2D eigenvalue weighted by Gasteiger charge is -2.40. The summed E-state index contributed by atoms with van der Waals surface area (Å²) < 4.78 is 6.02. The number of pyridine rings is 1. The fourth-order valence-corrected chi connectivity index (χ4v) is 6.03. The maximum Gasteiger partial charge on any atom is 0.0703 e. The number of para-hydroxylation sites is 1. The smallest absolute Gasteiger partial charge is 0.0703 e. The van der Waals surface area contributed by atoms with E-state index in [-0.39, 0.29) is 5.41 Å². The minimum absolute atomic E-state index is 0.196. The molecule has 5 heteroatoms. The minimum atomic E-state index is 0.196. The average Bonchev–Trinajstić information content (AvgIpc) is 2.86. The number of nitrogens with zero attached hydrogens (tertiary/aromatic N) is 2. The van der Waals surface area contributed by atoms with Crippen LogP contribution in [0, 0.1) is 11.3 Å². The van der Waals surface area contributed by atoms with Gasteiger partial charge in [-0.2, -0.15) is 0 Å². The van der Waals surface area contributed by atoms with Gasteiger partial charge < -0.3 is 15.4 Å². The van der Waals surface area contributed by atoms with Crippen molar-refractivity contribution >= 4 is 16.6 Å². The van der Waals surface area contributed by atoms with Crippen LogP contribution in [0.2, 0.25) is 0 Å². The Labute approximate surface area is 171 Å². The van der Waals surface area contributed by atoms with Crippen LogP contribution in [-0.2, 0) is 4.74 Å². The van der Waals surface area contributed by atoms with Crippen molar-refractivity contribution in [3.63, 3.8) is 0 Å². The van der Waals surface area contributed by atoms with Crippen molar-refractivity contribution in [1.82, 2.24) is 15.2 Å². The summed E-state index contributed by atoms with van der Waals surface area (Å²) >= 11 is 0. The molecule has 0 spiro atoms. The highest BCUT2D eigenvalue weighted by molar-refractivity contribution is 5.81. The Kier molecular flexibility index (Phi) is 4.05. The minimum Gasteiger partial charge on any atom is -0.379 e. The number of nitrogens with one attached hydrogen (secondary N) is 2. The Morgan fingerprint density at radius 2 is 2.24 bits per heavy atom. The van der Waals surface area contributed by atoms with E-state index in [2.05, 4.69) is 63.9 Å². The first kappa shape index (κ1) is 17.6. The molecule has 29 heavy (non-hydrogen) atoms. The van der Waals surface area contributed by atoms with E-state index in [1.807, 2.05) is 12.3 Å². The van der Waals surface area contributed by atoms with Gasteiger partial charge in [-0.15, -0.1) is 0 Å². The van der Waals surface area contributed by atoms with Gasteiger partial charge >= 0.3 is 0 Å². The largest absolute Gasteiger partial charge is 0.379 e. The zero-order valence-electron chi connectivity index (χ0n) is 16.9. The van der Waals surface area contributed by atoms with E-state index in [0.717, 1.165) is 49.4 Å². The predicted molar refractivity (Wildman–Crippen MR) is 116 cm³/mol. The Morgan fingerprint density at radius 3 is 3.21 bits per heavy atom. The monoisotopic (exact) mass is 388 g/mol. The first-order valence-corrected chi connectivity index (χ1v) is 10.8. The average molecular weight is 389 g/mol. The summed E-state index contributed by atoms with van der Waals surface area (Å²) in [5.74, 6) is 0.399. The number of benzene rings is 1.